The molecule has 1 aromatic heterocycles. The van der Waals surface area contributed by atoms with Gasteiger partial charge in [0.15, 0.2) is 0 Å². The Balaban J connectivity index is 2.36. The van der Waals surface area contributed by atoms with Crippen LogP contribution < -0.4 is 5.73 Å². The lowest BCUT2D eigenvalue weighted by atomic mass is 9.96. The summed E-state index contributed by atoms with van der Waals surface area (Å²) in [5.74, 6) is 0.358. The van der Waals surface area contributed by atoms with Gasteiger partial charge in [-0.25, -0.2) is 9.97 Å². The van der Waals surface area contributed by atoms with Gasteiger partial charge >= 0.3 is 0 Å². The van der Waals surface area contributed by atoms with Gasteiger partial charge in [-0.3, -0.25) is 0 Å². The molecule has 0 saturated heterocycles. The molecule has 0 aliphatic heterocycles. The van der Waals surface area contributed by atoms with E-state index in [9.17, 15) is 0 Å². The van der Waals surface area contributed by atoms with Crippen molar-refractivity contribution in [2.24, 2.45) is 0 Å². The molecule has 0 atom stereocenters. The van der Waals surface area contributed by atoms with Gasteiger partial charge in [0, 0.05) is 17.8 Å². The molecule has 0 saturated carbocycles. The lowest BCUT2D eigenvalue weighted by Gasteiger charge is -2.12. The summed E-state index contributed by atoms with van der Waals surface area (Å²) >= 11 is 0. The highest BCUT2D eigenvalue weighted by atomic mass is 15.0. The summed E-state index contributed by atoms with van der Waals surface area (Å²) in [5.41, 5.74) is 12.8. The summed E-state index contributed by atoms with van der Waals surface area (Å²) in [6, 6.07) is 6.67. The third kappa shape index (κ3) is 2.92. The standard InChI is InChI=1S/C16H21N3/c1-5-13-6-7-14(10(2)8-13)9-15-11(3)18-16(17)19-12(15)4/h6-8H,5,9H2,1-4H3,(H2,17,18,19). The molecule has 0 radical (unpaired) electrons. The molecule has 0 aliphatic carbocycles. The van der Waals surface area contributed by atoms with Crippen LogP contribution in [0.3, 0.4) is 0 Å². The van der Waals surface area contributed by atoms with Gasteiger partial charge in [-0.15, -0.1) is 0 Å². The van der Waals surface area contributed by atoms with Crippen molar-refractivity contribution in [3.8, 4) is 0 Å². The lowest BCUT2D eigenvalue weighted by molar-refractivity contribution is 0.976. The van der Waals surface area contributed by atoms with Crippen LogP contribution in [-0.4, -0.2) is 9.97 Å². The predicted molar refractivity (Wildman–Crippen MR) is 79.3 cm³/mol. The summed E-state index contributed by atoms with van der Waals surface area (Å²) in [4.78, 5) is 8.52. The smallest absolute Gasteiger partial charge is 0.220 e. The van der Waals surface area contributed by atoms with Crippen LogP contribution in [-0.2, 0) is 12.8 Å². The molecule has 0 aliphatic rings. The number of nitrogens with two attached hydrogens (primary N) is 1. The largest absolute Gasteiger partial charge is 0.368 e. The van der Waals surface area contributed by atoms with Gasteiger partial charge < -0.3 is 5.73 Å². The van der Waals surface area contributed by atoms with E-state index in [0.717, 1.165) is 24.2 Å². The number of aromatic nitrogens is 2. The first-order valence-electron chi connectivity index (χ1n) is 6.69. The molecule has 0 amide bonds. The fraction of sp³-hybridized carbons (Fsp3) is 0.375. The van der Waals surface area contributed by atoms with E-state index < -0.39 is 0 Å². The van der Waals surface area contributed by atoms with Crippen molar-refractivity contribution >= 4 is 5.95 Å². The molecule has 0 fully saturated rings. The number of rotatable bonds is 3. The Labute approximate surface area is 114 Å². The van der Waals surface area contributed by atoms with E-state index in [1.165, 1.54) is 22.3 Å². The van der Waals surface area contributed by atoms with E-state index in [1.807, 2.05) is 13.8 Å². The maximum Gasteiger partial charge on any atom is 0.220 e. The summed E-state index contributed by atoms with van der Waals surface area (Å²) in [6.07, 6.45) is 1.94. The van der Waals surface area contributed by atoms with Crippen molar-refractivity contribution < 1.29 is 0 Å². The molecule has 2 aromatic rings. The first-order valence-corrected chi connectivity index (χ1v) is 6.69. The number of nitrogens with zero attached hydrogens (tertiary/aromatic N) is 2. The van der Waals surface area contributed by atoms with E-state index in [2.05, 4.69) is 42.0 Å². The van der Waals surface area contributed by atoms with Crippen molar-refractivity contribution in [1.29, 1.82) is 0 Å². The number of anilines is 1. The average Bonchev–Trinajstić information content (AvgIpc) is 2.35. The first kappa shape index (κ1) is 13.5. The molecule has 0 spiro atoms. The van der Waals surface area contributed by atoms with Gasteiger partial charge in [-0.1, -0.05) is 25.1 Å². The van der Waals surface area contributed by atoms with E-state index in [4.69, 9.17) is 5.73 Å². The molecule has 1 aromatic carbocycles. The second kappa shape index (κ2) is 5.39. The van der Waals surface area contributed by atoms with Crippen LogP contribution in [0.15, 0.2) is 18.2 Å². The summed E-state index contributed by atoms with van der Waals surface area (Å²) < 4.78 is 0. The summed E-state index contributed by atoms with van der Waals surface area (Å²) in [7, 11) is 0. The highest BCUT2D eigenvalue weighted by Crippen LogP contribution is 2.20. The number of aryl methyl sites for hydroxylation is 4. The fourth-order valence-electron chi connectivity index (χ4n) is 2.39. The minimum absolute atomic E-state index is 0.358. The third-order valence-corrected chi connectivity index (χ3v) is 3.62. The SMILES string of the molecule is CCc1ccc(Cc2c(C)nc(N)nc2C)c(C)c1. The number of nitrogen functional groups attached to an aromatic ring is 1. The molecule has 100 valence electrons. The first-order chi connectivity index (χ1) is 9.01. The molecule has 19 heavy (non-hydrogen) atoms. The quantitative estimate of drug-likeness (QED) is 0.916. The molecular weight excluding hydrogens is 234 g/mol. The second-order valence-corrected chi connectivity index (χ2v) is 5.02. The van der Waals surface area contributed by atoms with E-state index in [1.54, 1.807) is 0 Å². The maximum absolute atomic E-state index is 5.67. The topological polar surface area (TPSA) is 51.8 Å². The molecule has 3 nitrogen and oxygen atoms in total. The highest BCUT2D eigenvalue weighted by Gasteiger charge is 2.09. The van der Waals surface area contributed by atoms with Crippen LogP contribution in [0.4, 0.5) is 5.95 Å². The molecule has 0 bridgehead atoms. The highest BCUT2D eigenvalue weighted by molar-refractivity contribution is 5.39. The molecule has 3 heteroatoms. The lowest BCUT2D eigenvalue weighted by Crippen LogP contribution is -2.06. The number of benzene rings is 1. The van der Waals surface area contributed by atoms with Gasteiger partial charge in [-0.2, -0.15) is 0 Å². The van der Waals surface area contributed by atoms with E-state index >= 15 is 0 Å². The van der Waals surface area contributed by atoms with Gasteiger partial charge in [0.1, 0.15) is 0 Å². The van der Waals surface area contributed by atoms with Crippen LogP contribution >= 0.6 is 0 Å². The maximum atomic E-state index is 5.67. The predicted octanol–water partition coefficient (Wildman–Crippen LogP) is 3.14. The molecule has 2 rings (SSSR count). The van der Waals surface area contributed by atoms with Crippen molar-refractivity contribution in [3.63, 3.8) is 0 Å². The number of hydrogen-bond acceptors (Lipinski definition) is 3. The van der Waals surface area contributed by atoms with Crippen LogP contribution in [0.5, 0.6) is 0 Å². The summed E-state index contributed by atoms with van der Waals surface area (Å²) in [6.45, 7) is 8.33. The summed E-state index contributed by atoms with van der Waals surface area (Å²) in [5, 5.41) is 0. The minimum atomic E-state index is 0.358. The minimum Gasteiger partial charge on any atom is -0.368 e. The van der Waals surface area contributed by atoms with Crippen LogP contribution in [0.1, 0.15) is 40.6 Å². The van der Waals surface area contributed by atoms with Crippen LogP contribution in [0.25, 0.3) is 0 Å². The Morgan fingerprint density at radius 2 is 1.68 bits per heavy atom. The van der Waals surface area contributed by atoms with Crippen LogP contribution in [0, 0.1) is 20.8 Å². The zero-order valence-electron chi connectivity index (χ0n) is 12.1. The molecule has 0 unspecified atom stereocenters. The number of hydrogen-bond donors (Lipinski definition) is 1. The normalized spacial score (nSPS) is 10.7. The van der Waals surface area contributed by atoms with Crippen molar-refractivity contribution in [2.75, 3.05) is 5.73 Å². The van der Waals surface area contributed by atoms with Crippen LogP contribution in [0.2, 0.25) is 0 Å². The van der Waals surface area contributed by atoms with Gasteiger partial charge in [0.25, 0.3) is 0 Å². The van der Waals surface area contributed by atoms with Crippen molar-refractivity contribution in [2.45, 2.75) is 40.5 Å². The van der Waals surface area contributed by atoms with Crippen molar-refractivity contribution in [1.82, 2.24) is 9.97 Å². The van der Waals surface area contributed by atoms with E-state index in [-0.39, 0.29) is 0 Å². The average molecular weight is 255 g/mol. The van der Waals surface area contributed by atoms with E-state index in [0.29, 0.717) is 5.95 Å². The fourth-order valence-corrected chi connectivity index (χ4v) is 2.39. The second-order valence-electron chi connectivity index (χ2n) is 5.02. The van der Waals surface area contributed by atoms with Crippen molar-refractivity contribution in [3.05, 3.63) is 51.8 Å². The van der Waals surface area contributed by atoms with Gasteiger partial charge in [-0.05, 0) is 49.4 Å². The monoisotopic (exact) mass is 255 g/mol. The third-order valence-electron chi connectivity index (χ3n) is 3.62. The Morgan fingerprint density at radius 1 is 1.05 bits per heavy atom. The molecule has 2 N–H and O–H groups in total. The van der Waals surface area contributed by atoms with Gasteiger partial charge in [0.2, 0.25) is 5.95 Å². The Hall–Kier alpha value is -1.90. The van der Waals surface area contributed by atoms with Gasteiger partial charge in [0.05, 0.1) is 0 Å². The Bertz CT molecular complexity index is 580. The zero-order valence-corrected chi connectivity index (χ0v) is 12.1. The molecule has 1 heterocycles. The Kier molecular flexibility index (Phi) is 3.84. The molecular formula is C16H21N3. The Morgan fingerprint density at radius 3 is 2.21 bits per heavy atom. The zero-order chi connectivity index (χ0) is 14.0.